The molecule has 3 aromatic rings. The van der Waals surface area contributed by atoms with Gasteiger partial charge in [-0.2, -0.15) is 0 Å². The van der Waals surface area contributed by atoms with Crippen LogP contribution in [0, 0.1) is 12.7 Å². The first kappa shape index (κ1) is 17.0. The molecule has 0 saturated heterocycles. The first-order chi connectivity index (χ1) is 11.8. The molecule has 0 atom stereocenters. The summed E-state index contributed by atoms with van der Waals surface area (Å²) in [4.78, 5) is 24.0. The molecule has 8 heteroatoms. The maximum absolute atomic E-state index is 14.2. The highest BCUT2D eigenvalue weighted by Crippen LogP contribution is 2.33. The van der Waals surface area contributed by atoms with Crippen LogP contribution in [0.15, 0.2) is 23.6 Å². The monoisotopic (exact) mass is 363 g/mol. The molecule has 0 amide bonds. The van der Waals surface area contributed by atoms with Crippen molar-refractivity contribution in [1.29, 1.82) is 0 Å². The summed E-state index contributed by atoms with van der Waals surface area (Å²) in [5.41, 5.74) is 1.30. The average Bonchev–Trinajstić information content (AvgIpc) is 3.08. The van der Waals surface area contributed by atoms with Gasteiger partial charge in [0.25, 0.3) is 5.91 Å². The first-order valence-electron chi connectivity index (χ1n) is 7.25. The summed E-state index contributed by atoms with van der Waals surface area (Å²) in [6.07, 6.45) is -0.313. The lowest BCUT2D eigenvalue weighted by atomic mass is 10.1. The first-order valence-corrected chi connectivity index (χ1v) is 8.12. The van der Waals surface area contributed by atoms with Crippen molar-refractivity contribution in [1.82, 2.24) is 4.57 Å². The fourth-order valence-electron chi connectivity index (χ4n) is 2.84. The van der Waals surface area contributed by atoms with Crippen LogP contribution in [-0.4, -0.2) is 33.8 Å². The molecule has 0 spiro atoms. The van der Waals surface area contributed by atoms with E-state index in [0.29, 0.717) is 16.6 Å². The Kier molecular flexibility index (Phi) is 4.22. The minimum atomic E-state index is -1.06. The molecular weight excluding hydrogens is 349 g/mol. The van der Waals surface area contributed by atoms with Crippen LogP contribution in [0.4, 0.5) is 4.39 Å². The van der Waals surface area contributed by atoms with Gasteiger partial charge in [0.2, 0.25) is 0 Å². The van der Waals surface area contributed by atoms with Gasteiger partial charge in [0.05, 0.1) is 24.6 Å². The molecular formula is C17H14FNO5S. The smallest absolute Gasteiger partial charge is 0.307 e. The van der Waals surface area contributed by atoms with Crippen molar-refractivity contribution in [2.24, 2.45) is 0 Å². The maximum atomic E-state index is 14.2. The van der Waals surface area contributed by atoms with Crippen molar-refractivity contribution in [2.75, 3.05) is 7.11 Å². The SMILES string of the molecule is COc1cc2c(CC(=O)O)c(C)n(C(=O)c3csc(O)c3)c2cc1F. The van der Waals surface area contributed by atoms with E-state index in [2.05, 4.69) is 0 Å². The lowest BCUT2D eigenvalue weighted by Crippen LogP contribution is -2.13. The van der Waals surface area contributed by atoms with E-state index in [1.807, 2.05) is 0 Å². The summed E-state index contributed by atoms with van der Waals surface area (Å²) < 4.78 is 20.4. The minimum absolute atomic E-state index is 0.0175. The second-order valence-electron chi connectivity index (χ2n) is 5.45. The summed E-state index contributed by atoms with van der Waals surface area (Å²) in [7, 11) is 1.31. The Hall–Kier alpha value is -2.87. The Morgan fingerprint density at radius 3 is 2.60 bits per heavy atom. The fourth-order valence-corrected chi connectivity index (χ4v) is 3.45. The standard InChI is InChI=1S/C17H14FNO5S/c1-8-10(5-15(20)21)11-4-14(24-2)12(18)6-13(11)19(8)17(23)9-3-16(22)25-7-9/h3-4,6-7,22H,5H2,1-2H3,(H,20,21). The molecule has 2 N–H and O–H groups in total. The zero-order chi connectivity index (χ0) is 18.3. The molecule has 0 bridgehead atoms. The predicted octanol–water partition coefficient (Wildman–Crippen LogP) is 3.18. The van der Waals surface area contributed by atoms with Crippen LogP contribution in [0.1, 0.15) is 21.6 Å². The van der Waals surface area contributed by atoms with Crippen LogP contribution in [0.2, 0.25) is 0 Å². The highest BCUT2D eigenvalue weighted by atomic mass is 32.1. The molecule has 2 aromatic heterocycles. The number of aromatic nitrogens is 1. The Balaban J connectivity index is 2.30. The molecule has 0 aliphatic carbocycles. The van der Waals surface area contributed by atoms with E-state index in [1.165, 1.54) is 29.2 Å². The number of rotatable bonds is 4. The Labute approximate surface area is 145 Å². The van der Waals surface area contributed by atoms with Crippen LogP contribution in [-0.2, 0) is 11.2 Å². The van der Waals surface area contributed by atoms with Gasteiger partial charge in [-0.05, 0) is 18.6 Å². The number of aromatic hydroxyl groups is 1. The summed E-state index contributed by atoms with van der Waals surface area (Å²) in [6.45, 7) is 1.60. The number of fused-ring (bicyclic) bond motifs is 1. The molecule has 0 radical (unpaired) electrons. The zero-order valence-corrected chi connectivity index (χ0v) is 14.2. The second-order valence-corrected chi connectivity index (χ2v) is 6.34. The average molecular weight is 363 g/mol. The van der Waals surface area contributed by atoms with Crippen LogP contribution in [0.25, 0.3) is 10.9 Å². The van der Waals surface area contributed by atoms with Crippen molar-refractivity contribution in [2.45, 2.75) is 13.3 Å². The van der Waals surface area contributed by atoms with Crippen molar-refractivity contribution >= 4 is 34.1 Å². The number of thiophene rings is 1. The van der Waals surface area contributed by atoms with E-state index in [1.54, 1.807) is 6.92 Å². The number of carbonyl (C=O) groups is 2. The Bertz CT molecular complexity index is 1000. The second kappa shape index (κ2) is 6.21. The van der Waals surface area contributed by atoms with Crippen LogP contribution in [0.5, 0.6) is 10.8 Å². The number of nitrogens with zero attached hydrogens (tertiary/aromatic N) is 1. The van der Waals surface area contributed by atoms with Crippen LogP contribution >= 0.6 is 11.3 Å². The van der Waals surface area contributed by atoms with E-state index in [9.17, 15) is 19.1 Å². The van der Waals surface area contributed by atoms with Gasteiger partial charge in [0.15, 0.2) is 16.6 Å². The van der Waals surface area contributed by atoms with Gasteiger partial charge in [-0.1, -0.05) is 0 Å². The van der Waals surface area contributed by atoms with Crippen molar-refractivity contribution < 1.29 is 28.9 Å². The van der Waals surface area contributed by atoms with Crippen molar-refractivity contribution in [3.8, 4) is 10.8 Å². The molecule has 3 rings (SSSR count). The summed E-state index contributed by atoms with van der Waals surface area (Å²) >= 11 is 0.999. The van der Waals surface area contributed by atoms with E-state index < -0.39 is 17.7 Å². The maximum Gasteiger partial charge on any atom is 0.307 e. The molecule has 0 fully saturated rings. The normalized spacial score (nSPS) is 11.0. The third kappa shape index (κ3) is 2.85. The number of aliphatic carboxylic acids is 1. The molecule has 0 saturated carbocycles. The number of methoxy groups -OCH3 is 1. The zero-order valence-electron chi connectivity index (χ0n) is 13.4. The van der Waals surface area contributed by atoms with Gasteiger partial charge in [-0.3, -0.25) is 14.2 Å². The summed E-state index contributed by atoms with van der Waals surface area (Å²) in [5.74, 6) is -2.22. The summed E-state index contributed by atoms with van der Waals surface area (Å²) in [6, 6.07) is 3.86. The minimum Gasteiger partial charge on any atom is -0.499 e. The summed E-state index contributed by atoms with van der Waals surface area (Å²) in [5, 5.41) is 20.5. The van der Waals surface area contributed by atoms with Crippen LogP contribution < -0.4 is 4.74 Å². The number of halogens is 1. The van der Waals surface area contributed by atoms with E-state index in [4.69, 9.17) is 9.84 Å². The molecule has 2 heterocycles. The number of hydrogen-bond acceptors (Lipinski definition) is 5. The van der Waals surface area contributed by atoms with E-state index >= 15 is 0 Å². The van der Waals surface area contributed by atoms with Gasteiger partial charge < -0.3 is 14.9 Å². The van der Waals surface area contributed by atoms with E-state index in [-0.39, 0.29) is 28.3 Å². The topological polar surface area (TPSA) is 88.8 Å². The molecule has 130 valence electrons. The highest BCUT2D eigenvalue weighted by molar-refractivity contribution is 7.12. The Morgan fingerprint density at radius 1 is 1.32 bits per heavy atom. The number of benzene rings is 1. The third-order valence-electron chi connectivity index (χ3n) is 3.97. The Morgan fingerprint density at radius 2 is 2.04 bits per heavy atom. The molecule has 1 aromatic carbocycles. The van der Waals surface area contributed by atoms with E-state index in [0.717, 1.165) is 17.4 Å². The molecule has 0 aliphatic rings. The van der Waals surface area contributed by atoms with Crippen LogP contribution in [0.3, 0.4) is 0 Å². The third-order valence-corrected chi connectivity index (χ3v) is 4.70. The fraction of sp³-hybridized carbons (Fsp3) is 0.176. The van der Waals surface area contributed by atoms with Gasteiger partial charge in [-0.15, -0.1) is 11.3 Å². The van der Waals surface area contributed by atoms with Gasteiger partial charge in [0.1, 0.15) is 0 Å². The quantitative estimate of drug-likeness (QED) is 0.743. The largest absolute Gasteiger partial charge is 0.499 e. The lowest BCUT2D eigenvalue weighted by Gasteiger charge is -2.07. The van der Waals surface area contributed by atoms with Gasteiger partial charge in [0, 0.05) is 28.6 Å². The molecule has 25 heavy (non-hydrogen) atoms. The number of carboxylic acid groups (broad SMARTS) is 1. The highest BCUT2D eigenvalue weighted by Gasteiger charge is 2.23. The number of ether oxygens (including phenoxy) is 1. The number of carbonyl (C=O) groups excluding carboxylic acids is 1. The van der Waals surface area contributed by atoms with Gasteiger partial charge >= 0.3 is 5.97 Å². The van der Waals surface area contributed by atoms with Crippen molar-refractivity contribution in [3.63, 3.8) is 0 Å². The number of hydrogen-bond donors (Lipinski definition) is 2. The number of carboxylic acids is 1. The molecule has 6 nitrogen and oxygen atoms in total. The molecule has 0 unspecified atom stereocenters. The molecule has 0 aliphatic heterocycles. The van der Waals surface area contributed by atoms with Crippen molar-refractivity contribution in [3.05, 3.63) is 46.2 Å². The van der Waals surface area contributed by atoms with Gasteiger partial charge in [-0.25, -0.2) is 4.39 Å². The lowest BCUT2D eigenvalue weighted by molar-refractivity contribution is -0.136. The predicted molar refractivity (Wildman–Crippen MR) is 90.2 cm³/mol.